The molecule has 0 saturated heterocycles. The quantitative estimate of drug-likeness (QED) is 0.440. The highest BCUT2D eigenvalue weighted by atomic mass is 32.2. The summed E-state index contributed by atoms with van der Waals surface area (Å²) in [4.78, 5) is 0. The minimum absolute atomic E-state index is 1.12. The molecule has 0 saturated carbocycles. The van der Waals surface area contributed by atoms with Gasteiger partial charge < -0.3 is 0 Å². The van der Waals surface area contributed by atoms with Crippen molar-refractivity contribution in [2.45, 2.75) is 5.37 Å². The second kappa shape index (κ2) is 3.68. The van der Waals surface area contributed by atoms with E-state index in [0.29, 0.717) is 0 Å². The minimum Gasteiger partial charge on any atom is -0.280 e. The topological polar surface area (TPSA) is 58.2 Å². The van der Waals surface area contributed by atoms with Crippen molar-refractivity contribution in [1.29, 1.82) is 0 Å². The van der Waals surface area contributed by atoms with Crippen molar-refractivity contribution < 1.29 is 17.5 Å². The van der Waals surface area contributed by atoms with E-state index in [2.05, 4.69) is 6.58 Å². The lowest BCUT2D eigenvalue weighted by Gasteiger charge is -2.02. The van der Waals surface area contributed by atoms with Crippen LogP contribution >= 0.6 is 0 Å². The van der Waals surface area contributed by atoms with Crippen molar-refractivity contribution in [1.82, 2.24) is 0 Å². The largest absolute Gasteiger partial charge is 0.333 e. The zero-order valence-corrected chi connectivity index (χ0v) is 7.68. The second-order valence-corrected chi connectivity index (χ2v) is 3.98. The molecule has 1 atom stereocenters. The van der Waals surface area contributed by atoms with Gasteiger partial charge in [-0.3, -0.25) is 4.55 Å². The molecule has 4 nitrogen and oxygen atoms in total. The van der Waals surface area contributed by atoms with E-state index in [1.165, 1.54) is 4.57 Å². The first-order valence-electron chi connectivity index (χ1n) is 3.60. The molecule has 13 heavy (non-hydrogen) atoms. The number of pyridine rings is 1. The summed E-state index contributed by atoms with van der Waals surface area (Å²) in [5.41, 5.74) is 0. The fraction of sp³-hybridized carbons (Fsp3) is 0.125. The summed E-state index contributed by atoms with van der Waals surface area (Å²) in [6.45, 7) is 3.34. The van der Waals surface area contributed by atoms with Gasteiger partial charge in [0.15, 0.2) is 12.4 Å². The number of nitrogens with zero attached hydrogens (tertiary/aromatic N) is 1. The first-order chi connectivity index (χ1) is 6.05. The smallest absolute Gasteiger partial charge is 0.280 e. The van der Waals surface area contributed by atoms with Crippen LogP contribution in [0.2, 0.25) is 0 Å². The molecule has 1 aromatic heterocycles. The number of hydrogen-bond acceptors (Lipinski definition) is 2. The summed E-state index contributed by atoms with van der Waals surface area (Å²) in [5, 5.41) is -1.12. The molecular weight excluding hydrogens is 190 g/mol. The summed E-state index contributed by atoms with van der Waals surface area (Å²) >= 11 is 0. The molecule has 1 N–H and O–H groups in total. The highest BCUT2D eigenvalue weighted by Crippen LogP contribution is 2.05. The maximum Gasteiger partial charge on any atom is 0.333 e. The van der Waals surface area contributed by atoms with Gasteiger partial charge in [-0.1, -0.05) is 12.6 Å². The Morgan fingerprint density at radius 1 is 1.31 bits per heavy atom. The van der Waals surface area contributed by atoms with Gasteiger partial charge in [0, 0.05) is 12.1 Å². The van der Waals surface area contributed by atoms with Crippen molar-refractivity contribution in [3.8, 4) is 0 Å². The Bertz CT molecular complexity index is 385. The van der Waals surface area contributed by atoms with Crippen LogP contribution in [0, 0.1) is 0 Å². The van der Waals surface area contributed by atoms with Crippen molar-refractivity contribution in [2.75, 3.05) is 0 Å². The molecule has 0 aliphatic carbocycles. The SMILES string of the molecule is C=CC([n+]1ccccc1)S(=O)(=O)O. The summed E-state index contributed by atoms with van der Waals surface area (Å²) in [6.07, 6.45) is 4.25. The molecule has 0 fully saturated rings. The molecule has 0 aliphatic rings. The fourth-order valence-corrected chi connectivity index (χ4v) is 1.67. The summed E-state index contributed by atoms with van der Waals surface area (Å²) < 4.78 is 31.8. The second-order valence-electron chi connectivity index (χ2n) is 2.46. The first-order valence-corrected chi connectivity index (χ1v) is 5.10. The maximum atomic E-state index is 10.8. The monoisotopic (exact) mass is 200 g/mol. The van der Waals surface area contributed by atoms with Gasteiger partial charge in [-0.15, -0.1) is 0 Å². The molecule has 0 amide bonds. The van der Waals surface area contributed by atoms with Crippen molar-refractivity contribution in [2.24, 2.45) is 0 Å². The highest BCUT2D eigenvalue weighted by Gasteiger charge is 2.27. The third kappa shape index (κ3) is 2.37. The minimum atomic E-state index is -4.12. The van der Waals surface area contributed by atoms with E-state index >= 15 is 0 Å². The van der Waals surface area contributed by atoms with Crippen molar-refractivity contribution >= 4 is 10.1 Å². The third-order valence-electron chi connectivity index (χ3n) is 1.54. The van der Waals surface area contributed by atoms with Gasteiger partial charge in [-0.2, -0.15) is 13.0 Å². The Labute approximate surface area is 76.9 Å². The lowest BCUT2D eigenvalue weighted by molar-refractivity contribution is -0.692. The average molecular weight is 200 g/mol. The van der Waals surface area contributed by atoms with Crippen molar-refractivity contribution in [3.05, 3.63) is 43.2 Å². The highest BCUT2D eigenvalue weighted by molar-refractivity contribution is 7.85. The van der Waals surface area contributed by atoms with E-state index in [0.717, 1.165) is 6.08 Å². The Balaban J connectivity index is 3.13. The molecule has 1 unspecified atom stereocenters. The van der Waals surface area contributed by atoms with E-state index in [4.69, 9.17) is 4.55 Å². The number of hydrogen-bond donors (Lipinski definition) is 1. The van der Waals surface area contributed by atoms with Crippen LogP contribution in [0.15, 0.2) is 43.2 Å². The molecule has 1 aromatic rings. The Morgan fingerprint density at radius 3 is 2.23 bits per heavy atom. The van der Waals surface area contributed by atoms with Crippen molar-refractivity contribution in [3.63, 3.8) is 0 Å². The van der Waals surface area contributed by atoms with Gasteiger partial charge >= 0.3 is 10.1 Å². The predicted molar refractivity (Wildman–Crippen MR) is 47.4 cm³/mol. The van der Waals surface area contributed by atoms with Gasteiger partial charge in [0.25, 0.3) is 5.37 Å². The van der Waals surface area contributed by atoms with E-state index < -0.39 is 15.5 Å². The normalized spacial score (nSPS) is 13.6. The molecule has 0 radical (unpaired) electrons. The maximum absolute atomic E-state index is 10.8. The third-order valence-corrected chi connectivity index (χ3v) is 2.59. The van der Waals surface area contributed by atoms with Crippen LogP contribution in [0.1, 0.15) is 5.37 Å². The summed E-state index contributed by atoms with van der Waals surface area (Å²) in [6, 6.07) is 5.09. The lowest BCUT2D eigenvalue weighted by atomic mass is 10.5. The van der Waals surface area contributed by atoms with E-state index in [9.17, 15) is 8.42 Å². The molecular formula is C8H10NO3S+. The fourth-order valence-electron chi connectivity index (χ4n) is 0.979. The molecule has 5 heteroatoms. The van der Waals surface area contributed by atoms with Gasteiger partial charge in [0.05, 0.1) is 0 Å². The van der Waals surface area contributed by atoms with Crippen LogP contribution in [0.5, 0.6) is 0 Å². The molecule has 0 spiro atoms. The van der Waals surface area contributed by atoms with Crippen LogP contribution in [0.3, 0.4) is 0 Å². The molecule has 0 aromatic carbocycles. The first kappa shape index (κ1) is 9.88. The molecule has 0 aliphatic heterocycles. The number of rotatable bonds is 3. The molecule has 70 valence electrons. The average Bonchev–Trinajstić information content (AvgIpc) is 2.05. The van der Waals surface area contributed by atoms with Gasteiger partial charge in [0.1, 0.15) is 0 Å². The molecule has 0 bridgehead atoms. The molecule has 1 rings (SSSR count). The standard InChI is InChI=1S/C8H9NO3S/c1-2-8(13(10,11)12)9-6-4-3-5-7-9/h2-8H,1H2/p+1. The molecule has 1 heterocycles. The zero-order valence-electron chi connectivity index (χ0n) is 6.87. The van der Waals surface area contributed by atoms with E-state index in [1.807, 2.05) is 0 Å². The van der Waals surface area contributed by atoms with Crippen LogP contribution in [0.25, 0.3) is 0 Å². The van der Waals surface area contributed by atoms with Gasteiger partial charge in [0.2, 0.25) is 0 Å². The lowest BCUT2D eigenvalue weighted by Crippen LogP contribution is -2.41. The van der Waals surface area contributed by atoms with Gasteiger partial charge in [-0.05, 0) is 6.08 Å². The Morgan fingerprint density at radius 2 is 1.85 bits per heavy atom. The van der Waals surface area contributed by atoms with Crippen LogP contribution in [-0.4, -0.2) is 13.0 Å². The van der Waals surface area contributed by atoms with E-state index in [1.54, 1.807) is 30.6 Å². The Hall–Kier alpha value is -1.20. The Kier molecular flexibility index (Phi) is 2.79. The van der Waals surface area contributed by atoms with Gasteiger partial charge in [-0.25, -0.2) is 0 Å². The predicted octanol–water partition coefficient (Wildman–Crippen LogP) is 0.546. The zero-order chi connectivity index (χ0) is 9.90. The number of aromatic nitrogens is 1. The van der Waals surface area contributed by atoms with Crippen LogP contribution < -0.4 is 4.57 Å². The summed E-state index contributed by atoms with van der Waals surface area (Å²) in [5.74, 6) is 0. The van der Waals surface area contributed by atoms with Crippen LogP contribution in [0.4, 0.5) is 0 Å². The van der Waals surface area contributed by atoms with Crippen LogP contribution in [-0.2, 0) is 10.1 Å². The summed E-state index contributed by atoms with van der Waals surface area (Å²) in [7, 11) is -4.12. The van der Waals surface area contributed by atoms with E-state index in [-0.39, 0.29) is 0 Å².